The molecule has 0 amide bonds. The molecule has 0 aromatic heterocycles. The van der Waals surface area contributed by atoms with Crippen LogP contribution in [0.4, 0.5) is 0 Å². The maximum atomic E-state index is 6.31. The van der Waals surface area contributed by atoms with Crippen molar-refractivity contribution in [3.8, 4) is 0 Å². The Morgan fingerprint density at radius 2 is 1.80 bits per heavy atom. The molecule has 2 aromatic carbocycles. The van der Waals surface area contributed by atoms with E-state index in [1.165, 1.54) is 22.3 Å². The van der Waals surface area contributed by atoms with E-state index in [4.69, 9.17) is 17.4 Å². The van der Waals surface area contributed by atoms with Crippen LogP contribution in [0.15, 0.2) is 36.4 Å². The minimum Gasteiger partial charge on any atom is -0.271 e. The highest BCUT2D eigenvalue weighted by molar-refractivity contribution is 6.31. The highest BCUT2D eigenvalue weighted by atomic mass is 35.5. The fourth-order valence-electron chi connectivity index (χ4n) is 2.29. The van der Waals surface area contributed by atoms with E-state index in [1.54, 1.807) is 0 Å². The molecular formula is C17H21ClN2. The summed E-state index contributed by atoms with van der Waals surface area (Å²) in [5, 5.41) is 0.800. The Hall–Kier alpha value is -1.35. The summed E-state index contributed by atoms with van der Waals surface area (Å²) in [5.74, 6) is 5.73. The van der Waals surface area contributed by atoms with Crippen LogP contribution in [0.2, 0.25) is 5.02 Å². The van der Waals surface area contributed by atoms with Crippen molar-refractivity contribution in [3.05, 3.63) is 69.2 Å². The Bertz CT molecular complexity index is 608. The topological polar surface area (TPSA) is 38.0 Å². The van der Waals surface area contributed by atoms with Crippen LogP contribution < -0.4 is 11.3 Å². The van der Waals surface area contributed by atoms with Gasteiger partial charge in [0.05, 0.1) is 6.04 Å². The van der Waals surface area contributed by atoms with Gasteiger partial charge in [-0.05, 0) is 61.1 Å². The number of hydrogen-bond donors (Lipinski definition) is 2. The lowest BCUT2D eigenvalue weighted by Gasteiger charge is -2.18. The normalized spacial score (nSPS) is 12.4. The van der Waals surface area contributed by atoms with Gasteiger partial charge in [0, 0.05) is 5.02 Å². The number of hydrogen-bond acceptors (Lipinski definition) is 2. The Morgan fingerprint density at radius 3 is 2.40 bits per heavy atom. The molecule has 0 saturated carbocycles. The molecule has 106 valence electrons. The van der Waals surface area contributed by atoms with Gasteiger partial charge in [-0.25, -0.2) is 0 Å². The zero-order chi connectivity index (χ0) is 14.7. The summed E-state index contributed by atoms with van der Waals surface area (Å²) in [4.78, 5) is 0. The SMILES string of the molecule is Cc1ccc(CC(NN)c2ccc(C)c(C)c2)c(Cl)c1. The van der Waals surface area contributed by atoms with Crippen molar-refractivity contribution in [2.45, 2.75) is 33.2 Å². The van der Waals surface area contributed by atoms with Crippen molar-refractivity contribution >= 4 is 11.6 Å². The smallest absolute Gasteiger partial charge is 0.0500 e. The quantitative estimate of drug-likeness (QED) is 0.659. The van der Waals surface area contributed by atoms with Gasteiger partial charge in [0.2, 0.25) is 0 Å². The third-order valence-corrected chi connectivity index (χ3v) is 4.12. The fourth-order valence-corrected chi connectivity index (χ4v) is 2.60. The highest BCUT2D eigenvalue weighted by Crippen LogP contribution is 2.25. The summed E-state index contributed by atoms with van der Waals surface area (Å²) < 4.78 is 0. The summed E-state index contributed by atoms with van der Waals surface area (Å²) in [6, 6.07) is 12.6. The molecule has 2 rings (SSSR count). The van der Waals surface area contributed by atoms with Gasteiger partial charge in [0.25, 0.3) is 0 Å². The Balaban J connectivity index is 2.26. The molecule has 1 unspecified atom stereocenters. The Labute approximate surface area is 125 Å². The van der Waals surface area contributed by atoms with Gasteiger partial charge >= 0.3 is 0 Å². The second-order valence-corrected chi connectivity index (χ2v) is 5.77. The van der Waals surface area contributed by atoms with Crippen LogP contribution in [0.25, 0.3) is 0 Å². The third-order valence-electron chi connectivity index (χ3n) is 3.77. The summed E-state index contributed by atoms with van der Waals surface area (Å²) in [6.45, 7) is 6.27. The van der Waals surface area contributed by atoms with E-state index in [1.807, 2.05) is 13.0 Å². The van der Waals surface area contributed by atoms with E-state index < -0.39 is 0 Å². The molecule has 0 spiro atoms. The first kappa shape index (κ1) is 15.0. The fraction of sp³-hybridized carbons (Fsp3) is 0.294. The zero-order valence-corrected chi connectivity index (χ0v) is 13.0. The number of rotatable bonds is 4. The molecule has 0 aliphatic rings. The van der Waals surface area contributed by atoms with E-state index in [0.29, 0.717) is 0 Å². The maximum absolute atomic E-state index is 6.31. The largest absolute Gasteiger partial charge is 0.271 e. The average molecular weight is 289 g/mol. The molecule has 0 heterocycles. The molecule has 0 saturated heterocycles. The first-order chi connectivity index (χ1) is 9.51. The average Bonchev–Trinajstić information content (AvgIpc) is 2.41. The van der Waals surface area contributed by atoms with Gasteiger partial charge in [0.15, 0.2) is 0 Å². The molecule has 0 fully saturated rings. The molecule has 20 heavy (non-hydrogen) atoms. The van der Waals surface area contributed by atoms with Gasteiger partial charge in [-0.3, -0.25) is 11.3 Å². The van der Waals surface area contributed by atoms with E-state index in [-0.39, 0.29) is 6.04 Å². The number of hydrazine groups is 1. The summed E-state index contributed by atoms with van der Waals surface area (Å²) in [7, 11) is 0. The van der Waals surface area contributed by atoms with Crippen molar-refractivity contribution in [1.82, 2.24) is 5.43 Å². The van der Waals surface area contributed by atoms with Crippen LogP contribution in [0.3, 0.4) is 0 Å². The Morgan fingerprint density at radius 1 is 1.05 bits per heavy atom. The summed E-state index contributed by atoms with van der Waals surface area (Å²) in [6.07, 6.45) is 0.776. The van der Waals surface area contributed by atoms with E-state index in [2.05, 4.69) is 49.6 Å². The number of nitrogens with one attached hydrogen (secondary N) is 1. The molecule has 0 bridgehead atoms. The molecule has 3 heteroatoms. The van der Waals surface area contributed by atoms with Crippen LogP contribution in [0, 0.1) is 20.8 Å². The van der Waals surface area contributed by atoms with Crippen LogP contribution in [0.5, 0.6) is 0 Å². The highest BCUT2D eigenvalue weighted by Gasteiger charge is 2.13. The summed E-state index contributed by atoms with van der Waals surface area (Å²) in [5.41, 5.74) is 8.93. The number of aryl methyl sites for hydroxylation is 3. The van der Waals surface area contributed by atoms with Gasteiger partial charge in [-0.15, -0.1) is 0 Å². The standard InChI is InChI=1S/C17H21ClN2/c1-11-4-6-14(16(18)8-11)10-17(20-19)15-7-5-12(2)13(3)9-15/h4-9,17,20H,10,19H2,1-3H3. The lowest BCUT2D eigenvalue weighted by molar-refractivity contribution is 0.551. The van der Waals surface area contributed by atoms with Crippen molar-refractivity contribution in [2.75, 3.05) is 0 Å². The second kappa shape index (κ2) is 6.40. The van der Waals surface area contributed by atoms with Gasteiger partial charge in [-0.2, -0.15) is 0 Å². The zero-order valence-electron chi connectivity index (χ0n) is 12.2. The van der Waals surface area contributed by atoms with E-state index >= 15 is 0 Å². The lowest BCUT2D eigenvalue weighted by atomic mass is 9.96. The molecule has 1 atom stereocenters. The number of halogens is 1. The van der Waals surface area contributed by atoms with Crippen molar-refractivity contribution in [2.24, 2.45) is 5.84 Å². The van der Waals surface area contributed by atoms with Gasteiger partial charge in [0.1, 0.15) is 0 Å². The first-order valence-corrected chi connectivity index (χ1v) is 7.17. The molecular weight excluding hydrogens is 268 g/mol. The summed E-state index contributed by atoms with van der Waals surface area (Å²) >= 11 is 6.31. The third kappa shape index (κ3) is 3.40. The van der Waals surface area contributed by atoms with Crippen molar-refractivity contribution in [3.63, 3.8) is 0 Å². The Kier molecular flexibility index (Phi) is 4.81. The van der Waals surface area contributed by atoms with E-state index in [0.717, 1.165) is 17.0 Å². The van der Waals surface area contributed by atoms with Crippen LogP contribution in [-0.2, 0) is 6.42 Å². The molecule has 2 nitrogen and oxygen atoms in total. The predicted octanol–water partition coefficient (Wildman–Crippen LogP) is 4.01. The maximum Gasteiger partial charge on any atom is 0.0500 e. The van der Waals surface area contributed by atoms with Crippen molar-refractivity contribution in [1.29, 1.82) is 0 Å². The number of nitrogens with two attached hydrogens (primary N) is 1. The van der Waals surface area contributed by atoms with Crippen molar-refractivity contribution < 1.29 is 0 Å². The number of benzene rings is 2. The minimum absolute atomic E-state index is 0.0644. The minimum atomic E-state index is 0.0644. The monoisotopic (exact) mass is 288 g/mol. The lowest BCUT2D eigenvalue weighted by Crippen LogP contribution is -2.29. The first-order valence-electron chi connectivity index (χ1n) is 6.79. The predicted molar refractivity (Wildman–Crippen MR) is 85.9 cm³/mol. The van der Waals surface area contributed by atoms with E-state index in [9.17, 15) is 0 Å². The molecule has 2 aromatic rings. The molecule has 0 aliphatic carbocycles. The second-order valence-electron chi connectivity index (χ2n) is 5.36. The van der Waals surface area contributed by atoms with Crippen LogP contribution >= 0.6 is 11.6 Å². The molecule has 3 N–H and O–H groups in total. The van der Waals surface area contributed by atoms with Crippen LogP contribution in [-0.4, -0.2) is 0 Å². The van der Waals surface area contributed by atoms with Gasteiger partial charge in [-0.1, -0.05) is 41.9 Å². The van der Waals surface area contributed by atoms with Gasteiger partial charge < -0.3 is 0 Å². The van der Waals surface area contributed by atoms with Crippen LogP contribution in [0.1, 0.15) is 33.9 Å². The molecule has 0 aliphatic heterocycles. The molecule has 0 radical (unpaired) electrons.